The molecule has 0 unspecified atom stereocenters. The number of hydrogen-bond acceptors (Lipinski definition) is 4. The van der Waals surface area contributed by atoms with Crippen LogP contribution in [0.25, 0.3) is 0 Å². The lowest BCUT2D eigenvalue weighted by Crippen LogP contribution is -2.18. The lowest BCUT2D eigenvalue weighted by molar-refractivity contribution is -0.119. The quantitative estimate of drug-likeness (QED) is 0.460. The molecule has 1 rings (SSSR count). The van der Waals surface area contributed by atoms with E-state index in [-0.39, 0.29) is 22.7 Å². The first kappa shape index (κ1) is 17.0. The second-order valence-corrected chi connectivity index (χ2v) is 8.75. The van der Waals surface area contributed by atoms with Crippen LogP contribution in [0, 0.1) is 0 Å². The summed E-state index contributed by atoms with van der Waals surface area (Å²) in [5.41, 5.74) is 0. The number of carbonyl (C=O) groups is 1. The molecule has 1 fully saturated rings. The maximum absolute atomic E-state index is 11.7. The number of hydrogen-bond donors (Lipinski definition) is 0. The summed E-state index contributed by atoms with van der Waals surface area (Å²) in [5.74, 6) is 2.17. The summed E-state index contributed by atoms with van der Waals surface area (Å²) in [7, 11) is -3.35. The van der Waals surface area contributed by atoms with Gasteiger partial charge in [0.25, 0.3) is 0 Å². The second kappa shape index (κ2) is 8.97. The van der Waals surface area contributed by atoms with Gasteiger partial charge in [0.05, 0.1) is 5.75 Å². The largest absolute Gasteiger partial charge is 0.311 e. The highest BCUT2D eigenvalue weighted by atomic mass is 32.3. The summed E-state index contributed by atoms with van der Waals surface area (Å²) in [4.78, 5) is 11.3. The van der Waals surface area contributed by atoms with Crippen LogP contribution in [0.1, 0.15) is 58.3 Å². The predicted molar refractivity (Wildman–Crippen MR) is 79.6 cm³/mol. The van der Waals surface area contributed by atoms with E-state index in [1.54, 1.807) is 0 Å². The van der Waals surface area contributed by atoms with Crippen molar-refractivity contribution in [2.24, 2.45) is 0 Å². The molecule has 1 saturated heterocycles. The average Bonchev–Trinajstić information content (AvgIpc) is 2.80. The number of carbonyl (C=O) groups excluding carboxylic acids is 1. The fourth-order valence-electron chi connectivity index (χ4n) is 2.06. The van der Waals surface area contributed by atoms with Gasteiger partial charge in [-0.2, -0.15) is 8.42 Å². The number of rotatable bonds is 10. The molecule has 112 valence electrons. The Balaban J connectivity index is 2.08. The van der Waals surface area contributed by atoms with Crippen LogP contribution in [-0.4, -0.2) is 31.5 Å². The highest BCUT2D eigenvalue weighted by Gasteiger charge is 2.32. The Labute approximate surface area is 120 Å². The predicted octanol–water partition coefficient (Wildman–Crippen LogP) is 2.59. The van der Waals surface area contributed by atoms with Crippen LogP contribution < -0.4 is 0 Å². The zero-order valence-corrected chi connectivity index (χ0v) is 13.4. The van der Waals surface area contributed by atoms with Gasteiger partial charge in [-0.3, -0.25) is 4.79 Å². The first-order chi connectivity index (χ1) is 9.03. The van der Waals surface area contributed by atoms with Crippen LogP contribution in [-0.2, 0) is 29.7 Å². The maximum Gasteiger partial charge on any atom is 0.311 e. The van der Waals surface area contributed by atoms with Crippen LogP contribution in [0.5, 0.6) is 0 Å². The van der Waals surface area contributed by atoms with Gasteiger partial charge in [-0.1, -0.05) is 13.3 Å². The fourth-order valence-corrected chi connectivity index (χ4v) is 5.86. The summed E-state index contributed by atoms with van der Waals surface area (Å²) in [5, 5.41) is 0. The SMILES string of the molecule is CCCC(=O)CCCCCS(=O)(=O)O[S+]1CCCC1. The van der Waals surface area contributed by atoms with Crippen LogP contribution in [0.3, 0.4) is 0 Å². The third-order valence-electron chi connectivity index (χ3n) is 3.07. The summed E-state index contributed by atoms with van der Waals surface area (Å²) < 4.78 is 28.6. The molecule has 0 atom stereocenters. The topological polar surface area (TPSA) is 60.4 Å². The van der Waals surface area contributed by atoms with Crippen molar-refractivity contribution >= 4 is 27.1 Å². The van der Waals surface area contributed by atoms with E-state index in [1.165, 1.54) is 0 Å². The number of Topliss-reactive ketones (excluding diaryl/α,β-unsaturated/α-hetero) is 1. The smallest absolute Gasteiger partial charge is 0.300 e. The van der Waals surface area contributed by atoms with E-state index in [0.29, 0.717) is 19.3 Å². The normalized spacial score (nSPS) is 16.9. The third-order valence-corrected chi connectivity index (χ3v) is 6.95. The molecule has 1 aliphatic heterocycles. The van der Waals surface area contributed by atoms with Crippen molar-refractivity contribution < 1.29 is 16.8 Å². The highest BCUT2D eigenvalue weighted by molar-refractivity contribution is 8.02. The minimum absolute atomic E-state index is 0.0957. The Morgan fingerprint density at radius 1 is 1.11 bits per heavy atom. The van der Waals surface area contributed by atoms with Gasteiger partial charge >= 0.3 is 10.1 Å². The molecule has 1 aliphatic rings. The van der Waals surface area contributed by atoms with Crippen LogP contribution in [0.15, 0.2) is 0 Å². The standard InChI is InChI=1S/C13H25O4S2/c1-2-8-13(14)9-4-3-7-12-19(15,16)17-18-10-5-6-11-18/h2-12H2,1H3/q+1. The summed E-state index contributed by atoms with van der Waals surface area (Å²) >= 11 is -0.356. The lowest BCUT2D eigenvalue weighted by Gasteiger charge is -2.03. The van der Waals surface area contributed by atoms with Crippen molar-refractivity contribution in [3.05, 3.63) is 0 Å². The molecule has 1 heterocycles. The Morgan fingerprint density at radius 3 is 2.42 bits per heavy atom. The van der Waals surface area contributed by atoms with E-state index in [1.807, 2.05) is 6.92 Å². The van der Waals surface area contributed by atoms with Crippen molar-refractivity contribution in [2.45, 2.75) is 58.3 Å². The Morgan fingerprint density at radius 2 is 1.79 bits per heavy atom. The summed E-state index contributed by atoms with van der Waals surface area (Å²) in [6.07, 6.45) is 6.45. The fraction of sp³-hybridized carbons (Fsp3) is 0.923. The Bertz CT molecular complexity index is 359. The van der Waals surface area contributed by atoms with Gasteiger partial charge in [0.15, 0.2) is 11.2 Å². The molecule has 4 nitrogen and oxygen atoms in total. The molecule has 19 heavy (non-hydrogen) atoms. The second-order valence-electron chi connectivity index (χ2n) is 4.98. The van der Waals surface area contributed by atoms with Gasteiger partial charge in [0.2, 0.25) is 0 Å². The number of unbranched alkanes of at least 4 members (excludes halogenated alkanes) is 2. The van der Waals surface area contributed by atoms with Gasteiger partial charge in [-0.15, -0.1) is 0 Å². The molecule has 0 aromatic rings. The lowest BCUT2D eigenvalue weighted by atomic mass is 10.1. The number of ketones is 1. The minimum atomic E-state index is -3.35. The molecule has 0 aromatic heterocycles. The zero-order chi connectivity index (χ0) is 14.1. The molecule has 0 aliphatic carbocycles. The first-order valence-corrected chi connectivity index (χ1v) is 10.2. The molecular formula is C13H25O4S2+. The van der Waals surface area contributed by atoms with Crippen LogP contribution in [0.4, 0.5) is 0 Å². The Hall–Kier alpha value is -0.0700. The minimum Gasteiger partial charge on any atom is -0.300 e. The van der Waals surface area contributed by atoms with E-state index in [0.717, 1.165) is 43.6 Å². The molecule has 0 spiro atoms. The van der Waals surface area contributed by atoms with Crippen LogP contribution >= 0.6 is 0 Å². The Kier molecular flexibility index (Phi) is 8.02. The molecule has 0 N–H and O–H groups in total. The molecule has 6 heteroatoms. The van der Waals surface area contributed by atoms with Gasteiger partial charge in [0.1, 0.15) is 17.3 Å². The summed E-state index contributed by atoms with van der Waals surface area (Å²) in [6, 6.07) is 0. The molecular weight excluding hydrogens is 284 g/mol. The van der Waals surface area contributed by atoms with Gasteiger partial charge < -0.3 is 0 Å². The monoisotopic (exact) mass is 309 g/mol. The van der Waals surface area contributed by atoms with Crippen molar-refractivity contribution in [2.75, 3.05) is 17.3 Å². The highest BCUT2D eigenvalue weighted by Crippen LogP contribution is 2.18. The van der Waals surface area contributed by atoms with Crippen molar-refractivity contribution in [1.82, 2.24) is 0 Å². The first-order valence-electron chi connectivity index (χ1n) is 7.15. The van der Waals surface area contributed by atoms with Crippen molar-refractivity contribution in [3.8, 4) is 0 Å². The average molecular weight is 309 g/mol. The molecule has 0 bridgehead atoms. The van der Waals surface area contributed by atoms with Gasteiger partial charge in [-0.05, 0) is 35.7 Å². The third kappa shape index (κ3) is 7.95. The summed E-state index contributed by atoms with van der Waals surface area (Å²) in [6.45, 7) is 1.99. The van der Waals surface area contributed by atoms with E-state index in [4.69, 9.17) is 3.63 Å². The van der Waals surface area contributed by atoms with Crippen molar-refractivity contribution in [1.29, 1.82) is 0 Å². The maximum atomic E-state index is 11.7. The van der Waals surface area contributed by atoms with E-state index in [2.05, 4.69) is 0 Å². The van der Waals surface area contributed by atoms with E-state index >= 15 is 0 Å². The van der Waals surface area contributed by atoms with Gasteiger partial charge in [0, 0.05) is 12.8 Å². The van der Waals surface area contributed by atoms with E-state index in [9.17, 15) is 13.2 Å². The van der Waals surface area contributed by atoms with Gasteiger partial charge in [-0.25, -0.2) is 0 Å². The molecule has 0 amide bonds. The van der Waals surface area contributed by atoms with E-state index < -0.39 is 10.1 Å². The van der Waals surface area contributed by atoms with Crippen molar-refractivity contribution in [3.63, 3.8) is 0 Å². The zero-order valence-electron chi connectivity index (χ0n) is 11.7. The van der Waals surface area contributed by atoms with Crippen LogP contribution in [0.2, 0.25) is 0 Å². The molecule has 0 saturated carbocycles. The molecule has 0 radical (unpaired) electrons. The molecule has 0 aromatic carbocycles.